The van der Waals surface area contributed by atoms with E-state index < -0.39 is 0 Å². The van der Waals surface area contributed by atoms with Crippen LogP contribution in [0, 0.1) is 0 Å². The maximum Gasteiger partial charge on any atom is 0.258 e. The summed E-state index contributed by atoms with van der Waals surface area (Å²) >= 11 is 1.17. The van der Waals surface area contributed by atoms with E-state index in [1.165, 1.54) is 18.9 Å². The topological polar surface area (TPSA) is 99.4 Å². The monoisotopic (exact) mass is 372 g/mol. The molecule has 9 heteroatoms. The SMILES string of the molecule is COc1ccc(OC)c(NC(=O)CSc2noc(-c3ccncc3)n2)c1. The lowest BCUT2D eigenvalue weighted by atomic mass is 10.2. The zero-order chi connectivity index (χ0) is 18.4. The second-order valence-electron chi connectivity index (χ2n) is 5.02. The Balaban J connectivity index is 1.61. The number of methoxy groups -OCH3 is 2. The molecule has 3 rings (SSSR count). The summed E-state index contributed by atoms with van der Waals surface area (Å²) in [5, 5.41) is 7.03. The quantitative estimate of drug-likeness (QED) is 0.632. The first-order chi connectivity index (χ1) is 12.7. The minimum Gasteiger partial charge on any atom is -0.497 e. The average Bonchev–Trinajstić information content (AvgIpc) is 3.16. The molecule has 0 atom stereocenters. The van der Waals surface area contributed by atoms with Gasteiger partial charge in [-0.1, -0.05) is 11.8 Å². The van der Waals surface area contributed by atoms with Gasteiger partial charge in [-0.15, -0.1) is 0 Å². The molecule has 0 unspecified atom stereocenters. The lowest BCUT2D eigenvalue weighted by Crippen LogP contribution is -2.14. The standard InChI is InChI=1S/C17H16N4O4S/c1-23-12-3-4-14(24-2)13(9-12)19-15(22)10-26-17-20-16(25-21-17)11-5-7-18-8-6-11/h3-9H,10H2,1-2H3,(H,19,22). The number of aromatic nitrogens is 3. The molecule has 0 fully saturated rings. The number of hydrogen-bond acceptors (Lipinski definition) is 8. The number of ether oxygens (including phenoxy) is 2. The number of thioether (sulfide) groups is 1. The van der Waals surface area contributed by atoms with Crippen LogP contribution >= 0.6 is 11.8 Å². The highest BCUT2D eigenvalue weighted by atomic mass is 32.2. The summed E-state index contributed by atoms with van der Waals surface area (Å²) in [6, 6.07) is 8.70. The van der Waals surface area contributed by atoms with Gasteiger partial charge < -0.3 is 19.3 Å². The van der Waals surface area contributed by atoms with Crippen molar-refractivity contribution in [1.82, 2.24) is 15.1 Å². The van der Waals surface area contributed by atoms with Crippen LogP contribution in [0.25, 0.3) is 11.5 Å². The van der Waals surface area contributed by atoms with E-state index in [-0.39, 0.29) is 11.7 Å². The zero-order valence-electron chi connectivity index (χ0n) is 14.1. The van der Waals surface area contributed by atoms with Crippen molar-refractivity contribution in [1.29, 1.82) is 0 Å². The number of anilines is 1. The Hall–Kier alpha value is -3.07. The Bertz CT molecular complexity index is 885. The van der Waals surface area contributed by atoms with Crippen molar-refractivity contribution in [3.05, 3.63) is 42.7 Å². The highest BCUT2D eigenvalue weighted by Gasteiger charge is 2.13. The number of nitrogens with zero attached hydrogens (tertiary/aromatic N) is 3. The number of carbonyl (C=O) groups is 1. The molecule has 0 aliphatic rings. The van der Waals surface area contributed by atoms with E-state index in [2.05, 4.69) is 20.4 Å². The van der Waals surface area contributed by atoms with Crippen molar-refractivity contribution < 1.29 is 18.8 Å². The van der Waals surface area contributed by atoms with Gasteiger partial charge in [0.05, 0.1) is 25.7 Å². The number of amides is 1. The fourth-order valence-corrected chi connectivity index (χ4v) is 2.68. The van der Waals surface area contributed by atoms with Crippen LogP contribution in [-0.4, -0.2) is 41.0 Å². The summed E-state index contributed by atoms with van der Waals surface area (Å²) in [6.07, 6.45) is 3.28. The van der Waals surface area contributed by atoms with E-state index in [0.717, 1.165) is 5.56 Å². The highest BCUT2D eigenvalue weighted by molar-refractivity contribution is 7.99. The van der Waals surface area contributed by atoms with Gasteiger partial charge in [0.1, 0.15) is 11.5 Å². The van der Waals surface area contributed by atoms with Crippen LogP contribution in [0.4, 0.5) is 5.69 Å². The second-order valence-corrected chi connectivity index (χ2v) is 5.96. The van der Waals surface area contributed by atoms with Crippen molar-refractivity contribution in [2.75, 3.05) is 25.3 Å². The van der Waals surface area contributed by atoms with Crippen LogP contribution in [0.3, 0.4) is 0 Å². The molecule has 0 saturated heterocycles. The van der Waals surface area contributed by atoms with E-state index in [9.17, 15) is 4.79 Å². The third-order valence-electron chi connectivity index (χ3n) is 3.35. The third kappa shape index (κ3) is 4.31. The van der Waals surface area contributed by atoms with Crippen LogP contribution in [0.15, 0.2) is 52.4 Å². The first kappa shape index (κ1) is 17.7. The van der Waals surface area contributed by atoms with E-state index in [4.69, 9.17) is 14.0 Å². The molecule has 134 valence electrons. The Morgan fingerprint density at radius 3 is 2.73 bits per heavy atom. The second kappa shape index (κ2) is 8.34. The zero-order valence-corrected chi connectivity index (χ0v) is 14.9. The van der Waals surface area contributed by atoms with Crippen LogP contribution in [0.2, 0.25) is 0 Å². The average molecular weight is 372 g/mol. The van der Waals surface area contributed by atoms with Crippen molar-refractivity contribution >= 4 is 23.4 Å². The molecule has 8 nitrogen and oxygen atoms in total. The summed E-state index contributed by atoms with van der Waals surface area (Å²) in [5.74, 6) is 1.44. The number of hydrogen-bond donors (Lipinski definition) is 1. The van der Waals surface area contributed by atoms with Crippen LogP contribution in [0.1, 0.15) is 0 Å². The van der Waals surface area contributed by atoms with E-state index in [1.807, 2.05) is 0 Å². The summed E-state index contributed by atoms with van der Waals surface area (Å²) in [7, 11) is 3.09. The number of carbonyl (C=O) groups excluding carboxylic acids is 1. The maximum atomic E-state index is 12.2. The first-order valence-electron chi connectivity index (χ1n) is 7.58. The van der Waals surface area contributed by atoms with Crippen LogP contribution < -0.4 is 14.8 Å². The highest BCUT2D eigenvalue weighted by Crippen LogP contribution is 2.29. The molecule has 3 aromatic rings. The minimum absolute atomic E-state index is 0.121. The van der Waals surface area contributed by atoms with Gasteiger partial charge in [0.15, 0.2) is 0 Å². The summed E-state index contributed by atoms with van der Waals surface area (Å²) in [6.45, 7) is 0. The fourth-order valence-electron chi connectivity index (χ4n) is 2.11. The lowest BCUT2D eigenvalue weighted by molar-refractivity contribution is -0.113. The molecule has 1 amide bonds. The number of nitrogens with one attached hydrogen (secondary N) is 1. The van der Waals surface area contributed by atoms with E-state index >= 15 is 0 Å². The normalized spacial score (nSPS) is 10.4. The molecule has 1 aromatic carbocycles. The smallest absolute Gasteiger partial charge is 0.258 e. The molecule has 0 aliphatic heterocycles. The van der Waals surface area contributed by atoms with Crippen LogP contribution in [0.5, 0.6) is 11.5 Å². The Labute approximate surface area is 153 Å². The predicted octanol–water partition coefficient (Wildman–Crippen LogP) is 2.88. The number of benzene rings is 1. The molecule has 26 heavy (non-hydrogen) atoms. The first-order valence-corrected chi connectivity index (χ1v) is 8.57. The summed E-state index contributed by atoms with van der Waals surface area (Å²) < 4.78 is 15.6. The van der Waals surface area contributed by atoms with Gasteiger partial charge in [-0.25, -0.2) is 0 Å². The Morgan fingerprint density at radius 2 is 2.00 bits per heavy atom. The fraction of sp³-hybridized carbons (Fsp3) is 0.176. The maximum absolute atomic E-state index is 12.2. The van der Waals surface area contributed by atoms with Gasteiger partial charge >= 0.3 is 0 Å². The molecular formula is C17H16N4O4S. The van der Waals surface area contributed by atoms with Gasteiger partial charge in [0, 0.05) is 24.0 Å². The lowest BCUT2D eigenvalue weighted by Gasteiger charge is -2.11. The molecule has 0 radical (unpaired) electrons. The molecule has 2 aromatic heterocycles. The largest absolute Gasteiger partial charge is 0.497 e. The van der Waals surface area contributed by atoms with Crippen molar-refractivity contribution in [3.63, 3.8) is 0 Å². The van der Waals surface area contributed by atoms with Gasteiger partial charge in [0.25, 0.3) is 5.89 Å². The molecule has 0 saturated carbocycles. The molecule has 0 spiro atoms. The van der Waals surface area contributed by atoms with Gasteiger partial charge in [-0.3, -0.25) is 9.78 Å². The predicted molar refractivity (Wildman–Crippen MR) is 96.4 cm³/mol. The van der Waals surface area contributed by atoms with Gasteiger partial charge in [-0.05, 0) is 29.4 Å². The van der Waals surface area contributed by atoms with Crippen molar-refractivity contribution in [2.45, 2.75) is 5.16 Å². The molecular weight excluding hydrogens is 356 g/mol. The van der Waals surface area contributed by atoms with E-state index in [1.54, 1.807) is 49.8 Å². The minimum atomic E-state index is -0.225. The van der Waals surface area contributed by atoms with E-state index in [0.29, 0.717) is 28.2 Å². The van der Waals surface area contributed by atoms with Gasteiger partial charge in [0.2, 0.25) is 11.1 Å². The van der Waals surface area contributed by atoms with Crippen molar-refractivity contribution in [2.24, 2.45) is 0 Å². The van der Waals surface area contributed by atoms with Gasteiger partial charge in [-0.2, -0.15) is 4.98 Å². The number of rotatable bonds is 7. The summed E-state index contributed by atoms with van der Waals surface area (Å²) in [5.41, 5.74) is 1.30. The van der Waals surface area contributed by atoms with Crippen LogP contribution in [-0.2, 0) is 4.79 Å². The molecule has 0 bridgehead atoms. The van der Waals surface area contributed by atoms with Crippen molar-refractivity contribution in [3.8, 4) is 23.0 Å². The molecule has 2 heterocycles. The summed E-state index contributed by atoms with van der Waals surface area (Å²) in [4.78, 5) is 20.4. The third-order valence-corrected chi connectivity index (χ3v) is 4.18. The number of pyridine rings is 1. The molecule has 1 N–H and O–H groups in total. The molecule has 0 aliphatic carbocycles. The Kier molecular flexibility index (Phi) is 5.69. The Morgan fingerprint density at radius 1 is 1.19 bits per heavy atom.